The molecule has 0 saturated heterocycles. The lowest BCUT2D eigenvalue weighted by Crippen LogP contribution is -2.25. The van der Waals surface area contributed by atoms with Crippen LogP contribution in [0.1, 0.15) is 24.8 Å². The third kappa shape index (κ3) is 6.02. The van der Waals surface area contributed by atoms with Gasteiger partial charge in [0, 0.05) is 13.0 Å². The van der Waals surface area contributed by atoms with Crippen molar-refractivity contribution >= 4 is 5.91 Å². The molecule has 1 rings (SSSR count). The zero-order chi connectivity index (χ0) is 12.5. The summed E-state index contributed by atoms with van der Waals surface area (Å²) in [5, 5.41) is 2.83. The van der Waals surface area contributed by atoms with E-state index in [4.69, 9.17) is 5.73 Å². The van der Waals surface area contributed by atoms with Gasteiger partial charge >= 0.3 is 0 Å². The predicted octanol–water partition coefficient (Wildman–Crippen LogP) is 1.61. The van der Waals surface area contributed by atoms with Gasteiger partial charge in [0.05, 0.1) is 0 Å². The number of carbonyl (C=O) groups is 1. The van der Waals surface area contributed by atoms with Crippen molar-refractivity contribution < 1.29 is 9.18 Å². The fourth-order valence-corrected chi connectivity index (χ4v) is 1.52. The highest BCUT2D eigenvalue weighted by molar-refractivity contribution is 5.75. The SMILES string of the molecule is NCCCCC(=O)NCCc1ccc(F)cc1. The van der Waals surface area contributed by atoms with Crippen LogP contribution in [0.25, 0.3) is 0 Å². The van der Waals surface area contributed by atoms with E-state index < -0.39 is 0 Å². The number of hydrogen-bond donors (Lipinski definition) is 2. The molecule has 1 aromatic carbocycles. The number of halogens is 1. The molecule has 0 radical (unpaired) electrons. The van der Waals surface area contributed by atoms with Crippen LogP contribution in [0.3, 0.4) is 0 Å². The number of unbranched alkanes of at least 4 members (excludes halogenated alkanes) is 1. The van der Waals surface area contributed by atoms with Crippen LogP contribution in [0.2, 0.25) is 0 Å². The fraction of sp³-hybridized carbons (Fsp3) is 0.462. The summed E-state index contributed by atoms with van der Waals surface area (Å²) >= 11 is 0. The first-order chi connectivity index (χ1) is 8.22. The molecule has 94 valence electrons. The highest BCUT2D eigenvalue weighted by Crippen LogP contribution is 2.02. The molecule has 0 spiro atoms. The summed E-state index contributed by atoms with van der Waals surface area (Å²) in [6, 6.07) is 6.32. The van der Waals surface area contributed by atoms with E-state index in [1.807, 2.05) is 0 Å². The number of amides is 1. The third-order valence-electron chi connectivity index (χ3n) is 2.51. The van der Waals surface area contributed by atoms with Gasteiger partial charge in [-0.2, -0.15) is 0 Å². The van der Waals surface area contributed by atoms with E-state index in [1.165, 1.54) is 12.1 Å². The van der Waals surface area contributed by atoms with Crippen LogP contribution in [0.5, 0.6) is 0 Å². The molecule has 1 aromatic rings. The van der Waals surface area contributed by atoms with Crippen molar-refractivity contribution in [2.75, 3.05) is 13.1 Å². The van der Waals surface area contributed by atoms with E-state index in [-0.39, 0.29) is 11.7 Å². The van der Waals surface area contributed by atoms with Gasteiger partial charge in [-0.3, -0.25) is 4.79 Å². The second-order valence-electron chi connectivity index (χ2n) is 3.97. The number of benzene rings is 1. The summed E-state index contributed by atoms with van der Waals surface area (Å²) in [4.78, 5) is 11.4. The second-order valence-corrected chi connectivity index (χ2v) is 3.97. The van der Waals surface area contributed by atoms with Gasteiger partial charge in [0.15, 0.2) is 0 Å². The normalized spacial score (nSPS) is 10.2. The number of carbonyl (C=O) groups excluding carboxylic acids is 1. The maximum Gasteiger partial charge on any atom is 0.220 e. The largest absolute Gasteiger partial charge is 0.356 e. The van der Waals surface area contributed by atoms with Crippen molar-refractivity contribution in [3.05, 3.63) is 35.6 Å². The predicted molar refractivity (Wildman–Crippen MR) is 66.0 cm³/mol. The average molecular weight is 238 g/mol. The molecule has 0 saturated carbocycles. The Morgan fingerprint density at radius 2 is 1.94 bits per heavy atom. The van der Waals surface area contributed by atoms with Gasteiger partial charge in [-0.25, -0.2) is 4.39 Å². The van der Waals surface area contributed by atoms with Gasteiger partial charge in [0.25, 0.3) is 0 Å². The molecule has 4 heteroatoms. The molecule has 3 nitrogen and oxygen atoms in total. The zero-order valence-electron chi connectivity index (χ0n) is 9.92. The van der Waals surface area contributed by atoms with Crippen LogP contribution in [-0.2, 0) is 11.2 Å². The van der Waals surface area contributed by atoms with Gasteiger partial charge < -0.3 is 11.1 Å². The maximum absolute atomic E-state index is 12.6. The Labute approximate surface area is 101 Å². The molecule has 0 aliphatic heterocycles. The second kappa shape index (κ2) is 7.79. The lowest BCUT2D eigenvalue weighted by atomic mass is 10.1. The molecule has 0 bridgehead atoms. The lowest BCUT2D eigenvalue weighted by molar-refractivity contribution is -0.121. The van der Waals surface area contributed by atoms with Gasteiger partial charge in [0.1, 0.15) is 5.82 Å². The molecule has 0 aliphatic rings. The van der Waals surface area contributed by atoms with Crippen LogP contribution in [0.4, 0.5) is 4.39 Å². The highest BCUT2D eigenvalue weighted by Gasteiger charge is 2.00. The smallest absolute Gasteiger partial charge is 0.220 e. The Bertz CT molecular complexity index is 338. The summed E-state index contributed by atoms with van der Waals surface area (Å²) in [6.45, 7) is 1.22. The van der Waals surface area contributed by atoms with Crippen LogP contribution in [-0.4, -0.2) is 19.0 Å². The first kappa shape index (κ1) is 13.6. The summed E-state index contributed by atoms with van der Waals surface area (Å²) < 4.78 is 12.6. The molecule has 1 amide bonds. The van der Waals surface area contributed by atoms with Crippen LogP contribution in [0.15, 0.2) is 24.3 Å². The van der Waals surface area contributed by atoms with E-state index in [1.54, 1.807) is 12.1 Å². The molecule has 0 heterocycles. The monoisotopic (exact) mass is 238 g/mol. The number of nitrogens with one attached hydrogen (secondary N) is 1. The standard InChI is InChI=1S/C13H19FN2O/c14-12-6-4-11(5-7-12)8-10-16-13(17)3-1-2-9-15/h4-7H,1-3,8-10,15H2,(H,16,17). The lowest BCUT2D eigenvalue weighted by Gasteiger charge is -2.05. The molecule has 0 atom stereocenters. The topological polar surface area (TPSA) is 55.1 Å². The first-order valence-corrected chi connectivity index (χ1v) is 5.93. The van der Waals surface area contributed by atoms with E-state index >= 15 is 0 Å². The van der Waals surface area contributed by atoms with Crippen molar-refractivity contribution in [1.29, 1.82) is 0 Å². The minimum Gasteiger partial charge on any atom is -0.356 e. The van der Waals surface area contributed by atoms with Gasteiger partial charge in [-0.15, -0.1) is 0 Å². The number of hydrogen-bond acceptors (Lipinski definition) is 2. The molecule has 0 unspecified atom stereocenters. The van der Waals surface area contributed by atoms with E-state index in [0.717, 1.165) is 24.8 Å². The van der Waals surface area contributed by atoms with Crippen molar-refractivity contribution in [3.8, 4) is 0 Å². The Morgan fingerprint density at radius 3 is 2.59 bits per heavy atom. The summed E-state index contributed by atoms with van der Waals surface area (Å²) in [7, 11) is 0. The minimum atomic E-state index is -0.237. The molecular formula is C13H19FN2O. The van der Waals surface area contributed by atoms with Crippen molar-refractivity contribution in [1.82, 2.24) is 5.32 Å². The zero-order valence-corrected chi connectivity index (χ0v) is 9.92. The van der Waals surface area contributed by atoms with Crippen LogP contribution < -0.4 is 11.1 Å². The summed E-state index contributed by atoms with van der Waals surface area (Å²) in [6.07, 6.45) is 2.97. The van der Waals surface area contributed by atoms with Crippen molar-refractivity contribution in [2.45, 2.75) is 25.7 Å². The molecule has 0 aromatic heterocycles. The minimum absolute atomic E-state index is 0.0561. The highest BCUT2D eigenvalue weighted by atomic mass is 19.1. The van der Waals surface area contributed by atoms with Gasteiger partial charge in [0.2, 0.25) is 5.91 Å². The third-order valence-corrected chi connectivity index (χ3v) is 2.51. The van der Waals surface area contributed by atoms with Crippen LogP contribution in [0, 0.1) is 5.82 Å². The van der Waals surface area contributed by atoms with Gasteiger partial charge in [-0.05, 0) is 43.5 Å². The Balaban J connectivity index is 2.14. The number of rotatable bonds is 7. The molecular weight excluding hydrogens is 219 g/mol. The van der Waals surface area contributed by atoms with Gasteiger partial charge in [-0.1, -0.05) is 12.1 Å². The maximum atomic E-state index is 12.6. The Morgan fingerprint density at radius 1 is 1.24 bits per heavy atom. The van der Waals surface area contributed by atoms with E-state index in [0.29, 0.717) is 19.5 Å². The van der Waals surface area contributed by atoms with E-state index in [2.05, 4.69) is 5.32 Å². The van der Waals surface area contributed by atoms with E-state index in [9.17, 15) is 9.18 Å². The number of nitrogens with two attached hydrogens (primary N) is 1. The fourth-order valence-electron chi connectivity index (χ4n) is 1.52. The van der Waals surface area contributed by atoms with Crippen molar-refractivity contribution in [3.63, 3.8) is 0 Å². The molecule has 0 fully saturated rings. The van der Waals surface area contributed by atoms with Crippen LogP contribution >= 0.6 is 0 Å². The molecule has 0 aliphatic carbocycles. The molecule has 17 heavy (non-hydrogen) atoms. The van der Waals surface area contributed by atoms with Crippen molar-refractivity contribution in [2.24, 2.45) is 5.73 Å². The quantitative estimate of drug-likeness (QED) is 0.709. The average Bonchev–Trinajstić information content (AvgIpc) is 2.32. The summed E-state index contributed by atoms with van der Waals surface area (Å²) in [5.41, 5.74) is 6.36. The Hall–Kier alpha value is -1.42. The first-order valence-electron chi connectivity index (χ1n) is 5.93. The summed E-state index contributed by atoms with van der Waals surface area (Å²) in [5.74, 6) is -0.180. The Kier molecular flexibility index (Phi) is 6.25. The molecule has 3 N–H and O–H groups in total.